The van der Waals surface area contributed by atoms with Crippen LogP contribution in [0.4, 0.5) is 5.69 Å². The highest BCUT2D eigenvalue weighted by Crippen LogP contribution is 2.16. The molecule has 1 aromatic carbocycles. The summed E-state index contributed by atoms with van der Waals surface area (Å²) in [7, 11) is 0. The maximum Gasteiger partial charge on any atom is 0.0366 e. The van der Waals surface area contributed by atoms with Crippen LogP contribution in [0.1, 0.15) is 27.7 Å². The number of hydrogen-bond acceptors (Lipinski definition) is 2. The molecule has 16 heavy (non-hydrogen) atoms. The number of nitrogens with zero attached hydrogens (tertiary/aromatic N) is 1. The Bertz CT molecular complexity index is 293. The van der Waals surface area contributed by atoms with Gasteiger partial charge in [0.1, 0.15) is 0 Å². The van der Waals surface area contributed by atoms with E-state index in [0.717, 1.165) is 19.6 Å². The molecule has 2 heteroatoms. The van der Waals surface area contributed by atoms with E-state index in [1.165, 1.54) is 5.69 Å². The summed E-state index contributed by atoms with van der Waals surface area (Å²) >= 11 is 0. The summed E-state index contributed by atoms with van der Waals surface area (Å²) in [5.74, 6) is 0. The summed E-state index contributed by atoms with van der Waals surface area (Å²) in [6.07, 6.45) is 0. The molecule has 0 saturated heterocycles. The Morgan fingerprint density at radius 3 is 2.25 bits per heavy atom. The summed E-state index contributed by atoms with van der Waals surface area (Å²) in [5, 5.41) is 3.51. The lowest BCUT2D eigenvalue weighted by atomic mass is 10.0. The van der Waals surface area contributed by atoms with Crippen molar-refractivity contribution in [3.8, 4) is 0 Å². The third-order valence-corrected chi connectivity index (χ3v) is 2.74. The molecule has 2 nitrogen and oxygen atoms in total. The Hall–Kier alpha value is -1.02. The predicted octanol–water partition coefficient (Wildman–Crippen LogP) is 2.90. The number of hydrogen-bond donors (Lipinski definition) is 1. The Balaban J connectivity index is 2.69. The van der Waals surface area contributed by atoms with Crippen molar-refractivity contribution in [2.45, 2.75) is 33.2 Å². The number of nitrogens with one attached hydrogen (secondary N) is 1. The summed E-state index contributed by atoms with van der Waals surface area (Å²) in [6, 6.07) is 10.6. The van der Waals surface area contributed by atoms with Crippen molar-refractivity contribution in [3.63, 3.8) is 0 Å². The maximum absolute atomic E-state index is 3.51. The Morgan fingerprint density at radius 2 is 1.75 bits per heavy atom. The zero-order valence-corrected chi connectivity index (χ0v) is 11.0. The van der Waals surface area contributed by atoms with Crippen molar-refractivity contribution in [2.24, 2.45) is 0 Å². The van der Waals surface area contributed by atoms with Gasteiger partial charge in [0.2, 0.25) is 0 Å². The van der Waals surface area contributed by atoms with E-state index in [4.69, 9.17) is 0 Å². The molecule has 0 aliphatic heterocycles. The first kappa shape index (κ1) is 13.0. The molecule has 0 amide bonds. The van der Waals surface area contributed by atoms with Crippen molar-refractivity contribution in [2.75, 3.05) is 24.5 Å². The van der Waals surface area contributed by atoms with Crippen molar-refractivity contribution in [1.29, 1.82) is 0 Å². The molecular weight excluding hydrogens is 196 g/mol. The van der Waals surface area contributed by atoms with Crippen LogP contribution in [-0.2, 0) is 0 Å². The summed E-state index contributed by atoms with van der Waals surface area (Å²) in [6.45, 7) is 11.9. The number of benzene rings is 1. The van der Waals surface area contributed by atoms with Gasteiger partial charge in [-0.1, -0.05) is 25.1 Å². The molecule has 0 fully saturated rings. The first-order valence-corrected chi connectivity index (χ1v) is 6.14. The molecular formula is C14H24N2. The molecule has 0 unspecified atom stereocenters. The van der Waals surface area contributed by atoms with Crippen LogP contribution in [0, 0.1) is 0 Å². The molecule has 0 atom stereocenters. The average Bonchev–Trinajstić information content (AvgIpc) is 2.27. The van der Waals surface area contributed by atoms with Crippen LogP contribution in [0.15, 0.2) is 30.3 Å². The van der Waals surface area contributed by atoms with Crippen molar-refractivity contribution in [3.05, 3.63) is 30.3 Å². The van der Waals surface area contributed by atoms with Gasteiger partial charge in [0, 0.05) is 24.3 Å². The number of rotatable bonds is 6. The van der Waals surface area contributed by atoms with E-state index in [9.17, 15) is 0 Å². The van der Waals surface area contributed by atoms with Gasteiger partial charge in [0.25, 0.3) is 0 Å². The zero-order chi connectivity index (χ0) is 12.0. The van der Waals surface area contributed by atoms with Gasteiger partial charge >= 0.3 is 0 Å². The lowest BCUT2D eigenvalue weighted by molar-refractivity contribution is 0.398. The zero-order valence-electron chi connectivity index (χ0n) is 11.0. The number of likely N-dealkylation sites (N-methyl/N-ethyl adjacent to an activating group) is 2. The van der Waals surface area contributed by atoms with Crippen LogP contribution in [0.2, 0.25) is 0 Å². The third kappa shape index (κ3) is 3.86. The summed E-state index contributed by atoms with van der Waals surface area (Å²) in [4.78, 5) is 2.41. The van der Waals surface area contributed by atoms with E-state index < -0.39 is 0 Å². The highest BCUT2D eigenvalue weighted by Gasteiger charge is 2.19. The minimum Gasteiger partial charge on any atom is -0.370 e. The molecule has 0 spiro atoms. The predicted molar refractivity (Wildman–Crippen MR) is 72.1 cm³/mol. The van der Waals surface area contributed by atoms with Crippen LogP contribution in [0.3, 0.4) is 0 Å². The van der Waals surface area contributed by atoms with Gasteiger partial charge in [-0.15, -0.1) is 0 Å². The topological polar surface area (TPSA) is 15.3 Å². The minimum atomic E-state index is 0.153. The smallest absolute Gasteiger partial charge is 0.0366 e. The standard InChI is InChI=1S/C14H24N2/c1-5-15-14(3,4)12-16(6-2)13-10-8-7-9-11-13/h7-11,15H,5-6,12H2,1-4H3. The van der Waals surface area contributed by atoms with Gasteiger partial charge in [-0.3, -0.25) is 0 Å². The first-order valence-electron chi connectivity index (χ1n) is 6.14. The van der Waals surface area contributed by atoms with E-state index in [-0.39, 0.29) is 5.54 Å². The summed E-state index contributed by atoms with van der Waals surface area (Å²) < 4.78 is 0. The van der Waals surface area contributed by atoms with Crippen LogP contribution < -0.4 is 10.2 Å². The molecule has 0 aliphatic carbocycles. The van der Waals surface area contributed by atoms with Crippen molar-refractivity contribution in [1.82, 2.24) is 5.32 Å². The second-order valence-corrected chi connectivity index (χ2v) is 4.76. The highest BCUT2D eigenvalue weighted by molar-refractivity contribution is 5.46. The second-order valence-electron chi connectivity index (χ2n) is 4.76. The van der Waals surface area contributed by atoms with Gasteiger partial charge in [-0.05, 0) is 39.4 Å². The molecule has 0 aromatic heterocycles. The van der Waals surface area contributed by atoms with Crippen LogP contribution >= 0.6 is 0 Å². The SMILES string of the molecule is CCNC(C)(C)CN(CC)c1ccccc1. The fourth-order valence-electron chi connectivity index (χ4n) is 2.04. The monoisotopic (exact) mass is 220 g/mol. The van der Waals surface area contributed by atoms with E-state index in [2.05, 4.69) is 68.2 Å². The first-order chi connectivity index (χ1) is 7.59. The van der Waals surface area contributed by atoms with Gasteiger partial charge in [0.15, 0.2) is 0 Å². The van der Waals surface area contributed by atoms with Crippen LogP contribution in [0.25, 0.3) is 0 Å². The molecule has 1 rings (SSSR count). The second kappa shape index (κ2) is 5.90. The fraction of sp³-hybridized carbons (Fsp3) is 0.571. The van der Waals surface area contributed by atoms with Gasteiger partial charge in [-0.25, -0.2) is 0 Å². The average molecular weight is 220 g/mol. The molecule has 0 heterocycles. The van der Waals surface area contributed by atoms with Gasteiger partial charge < -0.3 is 10.2 Å². The van der Waals surface area contributed by atoms with Gasteiger partial charge in [-0.2, -0.15) is 0 Å². The van der Waals surface area contributed by atoms with Crippen LogP contribution in [0.5, 0.6) is 0 Å². The van der Waals surface area contributed by atoms with E-state index in [0.29, 0.717) is 0 Å². The molecule has 1 aromatic rings. The quantitative estimate of drug-likeness (QED) is 0.793. The summed E-state index contributed by atoms with van der Waals surface area (Å²) in [5.41, 5.74) is 1.46. The number of para-hydroxylation sites is 1. The molecule has 0 aliphatic rings. The third-order valence-electron chi connectivity index (χ3n) is 2.74. The maximum atomic E-state index is 3.51. The molecule has 0 bridgehead atoms. The molecule has 0 saturated carbocycles. The van der Waals surface area contributed by atoms with E-state index >= 15 is 0 Å². The Labute approximate surface area is 99.7 Å². The molecule has 90 valence electrons. The Morgan fingerprint density at radius 1 is 1.12 bits per heavy atom. The van der Waals surface area contributed by atoms with Gasteiger partial charge in [0.05, 0.1) is 0 Å². The lowest BCUT2D eigenvalue weighted by Gasteiger charge is -2.34. The normalized spacial score (nSPS) is 11.5. The largest absolute Gasteiger partial charge is 0.370 e. The lowest BCUT2D eigenvalue weighted by Crippen LogP contribution is -2.49. The van der Waals surface area contributed by atoms with Crippen molar-refractivity contribution >= 4 is 5.69 Å². The highest BCUT2D eigenvalue weighted by atomic mass is 15.2. The van der Waals surface area contributed by atoms with Crippen molar-refractivity contribution < 1.29 is 0 Å². The van der Waals surface area contributed by atoms with E-state index in [1.807, 2.05) is 0 Å². The van der Waals surface area contributed by atoms with E-state index in [1.54, 1.807) is 0 Å². The Kier molecular flexibility index (Phi) is 4.81. The molecule has 1 N–H and O–H groups in total. The van der Waals surface area contributed by atoms with Crippen LogP contribution in [-0.4, -0.2) is 25.2 Å². The fourth-order valence-corrected chi connectivity index (χ4v) is 2.04. The minimum absolute atomic E-state index is 0.153. The number of anilines is 1. The molecule has 0 radical (unpaired) electrons.